The van der Waals surface area contributed by atoms with Gasteiger partial charge < -0.3 is 20.2 Å². The van der Waals surface area contributed by atoms with Crippen molar-refractivity contribution in [2.45, 2.75) is 43.9 Å². The van der Waals surface area contributed by atoms with Crippen molar-refractivity contribution in [2.75, 3.05) is 10.6 Å². The molecule has 3 aromatic rings. The zero-order chi connectivity index (χ0) is 24.2. The van der Waals surface area contributed by atoms with Gasteiger partial charge in [0.2, 0.25) is 0 Å². The monoisotopic (exact) mass is 476 g/mol. The van der Waals surface area contributed by atoms with Crippen LogP contribution in [0.25, 0.3) is 0 Å². The summed E-state index contributed by atoms with van der Waals surface area (Å²) < 4.78 is 19.1. The number of carboxylic acids is 1. The second-order valence-corrected chi connectivity index (χ2v) is 10.4. The van der Waals surface area contributed by atoms with Crippen LogP contribution in [0, 0.1) is 23.1 Å². The Bertz CT molecular complexity index is 1290. The number of halogens is 1. The maximum atomic E-state index is 13.8. The van der Waals surface area contributed by atoms with Crippen LogP contribution < -0.4 is 10.6 Å². The van der Waals surface area contributed by atoms with Gasteiger partial charge in [0.25, 0.3) is 0 Å². The van der Waals surface area contributed by atoms with Gasteiger partial charge in [-0.15, -0.1) is 5.10 Å². The highest BCUT2D eigenvalue weighted by Crippen LogP contribution is 2.65. The van der Waals surface area contributed by atoms with E-state index in [-0.39, 0.29) is 23.0 Å². The molecule has 4 aliphatic carbocycles. The molecule has 0 saturated heterocycles. The van der Waals surface area contributed by atoms with Gasteiger partial charge in [-0.05, 0) is 85.6 Å². The number of aliphatic carboxylic acids is 1. The van der Waals surface area contributed by atoms with E-state index in [0.29, 0.717) is 23.9 Å². The lowest BCUT2D eigenvalue weighted by atomic mass is 9.43. The molecule has 1 heterocycles. The lowest BCUT2D eigenvalue weighted by molar-refractivity contribution is -0.167. The van der Waals surface area contributed by atoms with E-state index < -0.39 is 23.1 Å². The number of carboxylic acid groups (broad SMARTS) is 1. The van der Waals surface area contributed by atoms with Gasteiger partial charge in [0, 0.05) is 5.69 Å². The molecule has 0 spiro atoms. The Labute approximate surface area is 200 Å². The third-order valence-electron chi connectivity index (χ3n) is 8.00. The Morgan fingerprint density at radius 2 is 1.71 bits per heavy atom. The van der Waals surface area contributed by atoms with Crippen LogP contribution in [0.2, 0.25) is 0 Å². The first kappa shape index (κ1) is 21.8. The number of aromatic nitrogens is 2. The van der Waals surface area contributed by atoms with Crippen molar-refractivity contribution in [3.63, 3.8) is 0 Å². The molecule has 4 saturated carbocycles. The maximum absolute atomic E-state index is 13.8. The van der Waals surface area contributed by atoms with Crippen LogP contribution in [0.3, 0.4) is 0 Å². The summed E-state index contributed by atoms with van der Waals surface area (Å²) in [5.74, 6) is -1.02. The summed E-state index contributed by atoms with van der Waals surface area (Å²) >= 11 is 0. The molecule has 4 aliphatic rings. The standard InChI is InChI=1S/C26H25FN4O4/c27-19-3-1-2-4-20(19)29-24-31-30-22(35-24)21(32)28-18-7-5-17(6-8-18)25-10-15-9-16(11-25)13-26(12-15,14-25)23(33)34/h1-8,15-16H,9-14H2,(H,28,32)(H,29,31)(H,33,34). The number of nitrogens with one attached hydrogen (secondary N) is 2. The maximum Gasteiger partial charge on any atom is 0.320 e. The van der Waals surface area contributed by atoms with Gasteiger partial charge in [0.15, 0.2) is 0 Å². The fraction of sp³-hybridized carbons (Fsp3) is 0.385. The van der Waals surface area contributed by atoms with Gasteiger partial charge in [-0.3, -0.25) is 9.59 Å². The van der Waals surface area contributed by atoms with E-state index >= 15 is 0 Å². The Kier molecular flexibility index (Phi) is 4.91. The van der Waals surface area contributed by atoms with Crippen molar-refractivity contribution in [1.29, 1.82) is 0 Å². The molecule has 2 unspecified atom stereocenters. The van der Waals surface area contributed by atoms with Crippen molar-refractivity contribution >= 4 is 29.3 Å². The van der Waals surface area contributed by atoms with E-state index in [0.717, 1.165) is 37.7 Å². The minimum absolute atomic E-state index is 0.0928. The van der Waals surface area contributed by atoms with Crippen molar-refractivity contribution in [3.8, 4) is 0 Å². The summed E-state index contributed by atoms with van der Waals surface area (Å²) in [6, 6.07) is 13.6. The first-order valence-corrected chi connectivity index (χ1v) is 11.8. The topological polar surface area (TPSA) is 117 Å². The number of nitrogens with zero attached hydrogens (tertiary/aromatic N) is 2. The molecule has 1 aromatic heterocycles. The average Bonchev–Trinajstić information content (AvgIpc) is 3.29. The quantitative estimate of drug-likeness (QED) is 0.452. The number of amides is 1. The van der Waals surface area contributed by atoms with E-state index in [2.05, 4.69) is 20.8 Å². The first-order valence-electron chi connectivity index (χ1n) is 11.8. The zero-order valence-corrected chi connectivity index (χ0v) is 19.0. The van der Waals surface area contributed by atoms with Crippen LogP contribution in [-0.4, -0.2) is 27.2 Å². The molecule has 0 radical (unpaired) electrons. The zero-order valence-electron chi connectivity index (χ0n) is 19.0. The van der Waals surface area contributed by atoms with Gasteiger partial charge in [-0.1, -0.05) is 29.4 Å². The second-order valence-electron chi connectivity index (χ2n) is 10.4. The van der Waals surface area contributed by atoms with Crippen LogP contribution in [0.5, 0.6) is 0 Å². The summed E-state index contributed by atoms with van der Waals surface area (Å²) in [4.78, 5) is 24.8. The van der Waals surface area contributed by atoms with Crippen LogP contribution in [0.4, 0.5) is 21.8 Å². The van der Waals surface area contributed by atoms with Crippen molar-refractivity contribution in [2.24, 2.45) is 17.3 Å². The number of rotatable bonds is 6. The number of hydrogen-bond acceptors (Lipinski definition) is 6. The normalized spacial score (nSPS) is 28.6. The van der Waals surface area contributed by atoms with Gasteiger partial charge >= 0.3 is 23.8 Å². The van der Waals surface area contributed by atoms with Gasteiger partial charge in [0.1, 0.15) is 5.82 Å². The van der Waals surface area contributed by atoms with E-state index in [1.807, 2.05) is 24.3 Å². The number of para-hydroxylation sites is 1. The predicted octanol–water partition coefficient (Wildman–Crippen LogP) is 5.13. The number of carbonyl (C=O) groups excluding carboxylic acids is 1. The third kappa shape index (κ3) is 3.75. The number of hydrogen-bond donors (Lipinski definition) is 3. The van der Waals surface area contributed by atoms with E-state index in [4.69, 9.17) is 4.42 Å². The van der Waals surface area contributed by atoms with Crippen LogP contribution >= 0.6 is 0 Å². The highest BCUT2D eigenvalue weighted by molar-refractivity contribution is 6.00. The second kappa shape index (κ2) is 7.90. The third-order valence-corrected chi connectivity index (χ3v) is 8.00. The van der Waals surface area contributed by atoms with E-state index in [1.54, 1.807) is 12.1 Å². The molecule has 0 aliphatic heterocycles. The molecule has 8 nitrogen and oxygen atoms in total. The molecule has 1 amide bonds. The fourth-order valence-corrected chi connectivity index (χ4v) is 6.99. The Balaban J connectivity index is 1.16. The summed E-state index contributed by atoms with van der Waals surface area (Å²) in [7, 11) is 0. The summed E-state index contributed by atoms with van der Waals surface area (Å²) in [5, 5.41) is 22.9. The highest BCUT2D eigenvalue weighted by atomic mass is 19.1. The van der Waals surface area contributed by atoms with Crippen LogP contribution in [-0.2, 0) is 10.2 Å². The van der Waals surface area contributed by atoms with Crippen molar-refractivity contribution < 1.29 is 23.5 Å². The molecule has 3 N–H and O–H groups in total. The first-order chi connectivity index (χ1) is 16.8. The average molecular weight is 477 g/mol. The lowest BCUT2D eigenvalue weighted by Gasteiger charge is -2.60. The summed E-state index contributed by atoms with van der Waals surface area (Å²) in [6.45, 7) is 0. The number of anilines is 3. The molecule has 4 fully saturated rings. The number of carbonyl (C=O) groups is 2. The van der Waals surface area contributed by atoms with Gasteiger partial charge in [-0.25, -0.2) is 4.39 Å². The van der Waals surface area contributed by atoms with E-state index in [9.17, 15) is 19.1 Å². The molecular weight excluding hydrogens is 451 g/mol. The largest absolute Gasteiger partial charge is 0.481 e. The van der Waals surface area contributed by atoms with Crippen molar-refractivity contribution in [1.82, 2.24) is 10.2 Å². The number of benzene rings is 2. The fourth-order valence-electron chi connectivity index (χ4n) is 6.99. The van der Waals surface area contributed by atoms with Crippen molar-refractivity contribution in [3.05, 3.63) is 65.8 Å². The smallest absolute Gasteiger partial charge is 0.320 e. The molecule has 9 heteroatoms. The molecule has 180 valence electrons. The van der Waals surface area contributed by atoms with Crippen LogP contribution in [0.15, 0.2) is 52.9 Å². The molecule has 4 bridgehead atoms. The minimum Gasteiger partial charge on any atom is -0.481 e. The Morgan fingerprint density at radius 3 is 2.40 bits per heavy atom. The van der Waals surface area contributed by atoms with Gasteiger partial charge in [0.05, 0.1) is 11.1 Å². The van der Waals surface area contributed by atoms with Gasteiger partial charge in [-0.2, -0.15) is 0 Å². The minimum atomic E-state index is -0.650. The lowest BCUT2D eigenvalue weighted by Crippen LogP contribution is -2.56. The predicted molar refractivity (Wildman–Crippen MR) is 125 cm³/mol. The van der Waals surface area contributed by atoms with Crippen LogP contribution in [0.1, 0.15) is 54.8 Å². The Morgan fingerprint density at radius 1 is 1.00 bits per heavy atom. The molecule has 2 atom stereocenters. The summed E-state index contributed by atoms with van der Waals surface area (Å²) in [6.07, 6.45) is 5.49. The molecule has 7 rings (SSSR count). The van der Waals surface area contributed by atoms with E-state index in [1.165, 1.54) is 12.1 Å². The SMILES string of the molecule is O=C(Nc1ccc(C23CC4CC(CC(C(=O)O)(C4)C2)C3)cc1)c1nnc(Nc2ccccc2F)o1. The summed E-state index contributed by atoms with van der Waals surface area (Å²) in [5.41, 5.74) is 1.17. The Hall–Kier alpha value is -3.75. The molecular formula is C26H25FN4O4. The molecule has 35 heavy (non-hydrogen) atoms. The molecule has 2 aromatic carbocycles. The highest BCUT2D eigenvalue weighted by Gasteiger charge is 2.61.